The Bertz CT molecular complexity index is 573. The molecule has 0 aliphatic rings. The largest absolute Gasteiger partial charge is 0.490 e. The number of hydrogen-bond acceptors (Lipinski definition) is 5. The van der Waals surface area contributed by atoms with Crippen LogP contribution in [0.4, 0.5) is 0 Å². The smallest absolute Gasteiger partial charge is 0.348 e. The summed E-state index contributed by atoms with van der Waals surface area (Å²) in [5, 5.41) is 8.98. The molecule has 5 nitrogen and oxygen atoms in total. The Kier molecular flexibility index (Phi) is 7.55. The van der Waals surface area contributed by atoms with Gasteiger partial charge >= 0.3 is 5.97 Å². The van der Waals surface area contributed by atoms with E-state index in [9.17, 15) is 4.79 Å². The molecule has 0 spiro atoms. The van der Waals surface area contributed by atoms with Crippen molar-refractivity contribution in [3.63, 3.8) is 0 Å². The number of esters is 1. The van der Waals surface area contributed by atoms with Crippen LogP contribution < -0.4 is 9.47 Å². The van der Waals surface area contributed by atoms with Gasteiger partial charge in [0.05, 0.1) is 20.3 Å². The van der Waals surface area contributed by atoms with Crippen molar-refractivity contribution in [2.24, 2.45) is 0 Å². The molecule has 0 heterocycles. The molecule has 0 aromatic heterocycles. The molecule has 0 saturated carbocycles. The summed E-state index contributed by atoms with van der Waals surface area (Å²) in [6.07, 6.45) is 3.48. The average molecular weight is 303 g/mol. The molecule has 0 aliphatic heterocycles. The van der Waals surface area contributed by atoms with Crippen molar-refractivity contribution < 1.29 is 19.0 Å². The van der Waals surface area contributed by atoms with Crippen LogP contribution in [0.5, 0.6) is 11.5 Å². The van der Waals surface area contributed by atoms with Crippen LogP contribution in [0.3, 0.4) is 0 Å². The highest BCUT2D eigenvalue weighted by Crippen LogP contribution is 2.29. The average Bonchev–Trinajstić information content (AvgIpc) is 2.54. The molecule has 0 saturated heterocycles. The van der Waals surface area contributed by atoms with Gasteiger partial charge in [0.2, 0.25) is 0 Å². The van der Waals surface area contributed by atoms with E-state index < -0.39 is 5.97 Å². The van der Waals surface area contributed by atoms with Crippen LogP contribution in [0, 0.1) is 11.3 Å². The van der Waals surface area contributed by atoms with Gasteiger partial charge in [0.25, 0.3) is 0 Å². The van der Waals surface area contributed by atoms with Gasteiger partial charge in [0, 0.05) is 0 Å². The van der Waals surface area contributed by atoms with Crippen LogP contribution >= 0.6 is 0 Å². The van der Waals surface area contributed by atoms with Crippen LogP contribution in [-0.4, -0.2) is 26.3 Å². The summed E-state index contributed by atoms with van der Waals surface area (Å²) in [7, 11) is 1.24. The zero-order valence-corrected chi connectivity index (χ0v) is 13.2. The first-order valence-corrected chi connectivity index (χ1v) is 7.26. The van der Waals surface area contributed by atoms with Crippen LogP contribution in [0.15, 0.2) is 23.8 Å². The van der Waals surface area contributed by atoms with Crippen molar-refractivity contribution in [2.45, 2.75) is 26.7 Å². The minimum atomic E-state index is -0.663. The minimum Gasteiger partial charge on any atom is -0.490 e. The highest BCUT2D eigenvalue weighted by Gasteiger charge is 2.10. The molecule has 1 aromatic rings. The standard InChI is InChI=1S/C17H21NO4/c1-4-6-9-22-15-8-7-13(11-16(15)21-5-2)10-14(12-18)17(19)20-3/h7-8,10-11H,4-6,9H2,1-3H3/b14-10-. The molecule has 0 unspecified atom stereocenters. The monoisotopic (exact) mass is 303 g/mol. The quantitative estimate of drug-likeness (QED) is 0.319. The zero-order valence-electron chi connectivity index (χ0n) is 13.2. The maximum atomic E-state index is 11.4. The number of ether oxygens (including phenoxy) is 3. The first-order chi connectivity index (χ1) is 10.7. The number of nitriles is 1. The maximum Gasteiger partial charge on any atom is 0.348 e. The number of benzene rings is 1. The molecule has 0 amide bonds. The zero-order chi connectivity index (χ0) is 16.4. The van der Waals surface area contributed by atoms with E-state index in [2.05, 4.69) is 11.7 Å². The van der Waals surface area contributed by atoms with Crippen molar-refractivity contribution in [1.82, 2.24) is 0 Å². The Hall–Kier alpha value is -2.48. The predicted molar refractivity (Wildman–Crippen MR) is 83.6 cm³/mol. The number of hydrogen-bond donors (Lipinski definition) is 0. The molecule has 0 fully saturated rings. The normalized spacial score (nSPS) is 10.7. The minimum absolute atomic E-state index is 0.0652. The van der Waals surface area contributed by atoms with Gasteiger partial charge in [0.15, 0.2) is 11.5 Å². The molecular formula is C17H21NO4. The first-order valence-electron chi connectivity index (χ1n) is 7.26. The highest BCUT2D eigenvalue weighted by molar-refractivity contribution is 5.97. The molecular weight excluding hydrogens is 282 g/mol. The number of unbranched alkanes of at least 4 members (excludes halogenated alkanes) is 1. The molecule has 0 bridgehead atoms. The van der Waals surface area contributed by atoms with Gasteiger partial charge < -0.3 is 14.2 Å². The van der Waals surface area contributed by atoms with E-state index in [1.54, 1.807) is 18.2 Å². The van der Waals surface area contributed by atoms with E-state index in [4.69, 9.17) is 14.7 Å². The second-order valence-corrected chi connectivity index (χ2v) is 4.50. The summed E-state index contributed by atoms with van der Waals surface area (Å²) in [5.74, 6) is 0.585. The summed E-state index contributed by atoms with van der Waals surface area (Å²) in [5.41, 5.74) is 0.609. The lowest BCUT2D eigenvalue weighted by Crippen LogP contribution is -2.03. The Labute approximate surface area is 131 Å². The van der Waals surface area contributed by atoms with E-state index in [0.29, 0.717) is 30.3 Å². The van der Waals surface area contributed by atoms with Crippen LogP contribution in [0.25, 0.3) is 6.08 Å². The van der Waals surface area contributed by atoms with Gasteiger partial charge in [0.1, 0.15) is 11.6 Å². The SMILES string of the molecule is CCCCOc1ccc(/C=C(/C#N)C(=O)OC)cc1OCC. The Morgan fingerprint density at radius 3 is 2.64 bits per heavy atom. The molecule has 1 aromatic carbocycles. The third-order valence-corrected chi connectivity index (χ3v) is 2.86. The Morgan fingerprint density at radius 2 is 2.05 bits per heavy atom. The maximum absolute atomic E-state index is 11.4. The number of carbonyl (C=O) groups excluding carboxylic acids is 1. The summed E-state index contributed by atoms with van der Waals surface area (Å²) in [6, 6.07) is 7.11. The lowest BCUT2D eigenvalue weighted by Gasteiger charge is -2.12. The molecule has 0 N–H and O–H groups in total. The van der Waals surface area contributed by atoms with Crippen molar-refractivity contribution in [1.29, 1.82) is 5.26 Å². The summed E-state index contributed by atoms with van der Waals surface area (Å²) in [6.45, 7) is 5.10. The summed E-state index contributed by atoms with van der Waals surface area (Å²) in [4.78, 5) is 11.4. The van der Waals surface area contributed by atoms with Gasteiger partial charge in [-0.05, 0) is 37.1 Å². The second kappa shape index (κ2) is 9.46. The topological polar surface area (TPSA) is 68.5 Å². The van der Waals surface area contributed by atoms with E-state index in [-0.39, 0.29) is 5.57 Å². The van der Waals surface area contributed by atoms with Crippen molar-refractivity contribution in [3.8, 4) is 17.6 Å². The summed E-state index contributed by atoms with van der Waals surface area (Å²) >= 11 is 0. The van der Waals surface area contributed by atoms with Crippen LogP contribution in [-0.2, 0) is 9.53 Å². The molecule has 0 radical (unpaired) electrons. The first kappa shape index (κ1) is 17.6. The van der Waals surface area contributed by atoms with Gasteiger partial charge in [-0.15, -0.1) is 0 Å². The van der Waals surface area contributed by atoms with Gasteiger partial charge in [-0.3, -0.25) is 0 Å². The second-order valence-electron chi connectivity index (χ2n) is 4.50. The lowest BCUT2D eigenvalue weighted by molar-refractivity contribution is -0.135. The van der Waals surface area contributed by atoms with Crippen molar-refractivity contribution in [3.05, 3.63) is 29.3 Å². The molecule has 1 rings (SSSR count). The molecule has 5 heteroatoms. The fraction of sp³-hybridized carbons (Fsp3) is 0.412. The van der Waals surface area contributed by atoms with E-state index in [0.717, 1.165) is 12.8 Å². The molecule has 22 heavy (non-hydrogen) atoms. The highest BCUT2D eigenvalue weighted by atomic mass is 16.5. The number of rotatable bonds is 8. The van der Waals surface area contributed by atoms with Crippen molar-refractivity contribution >= 4 is 12.0 Å². The molecule has 0 aliphatic carbocycles. The number of methoxy groups -OCH3 is 1. The fourth-order valence-corrected chi connectivity index (χ4v) is 1.74. The predicted octanol–water partition coefficient (Wildman–Crippen LogP) is 3.34. The third kappa shape index (κ3) is 5.13. The van der Waals surface area contributed by atoms with E-state index >= 15 is 0 Å². The molecule has 118 valence electrons. The van der Waals surface area contributed by atoms with E-state index in [1.165, 1.54) is 13.2 Å². The van der Waals surface area contributed by atoms with Gasteiger partial charge in [-0.25, -0.2) is 4.79 Å². The Morgan fingerprint density at radius 1 is 1.27 bits per heavy atom. The van der Waals surface area contributed by atoms with Gasteiger partial charge in [-0.1, -0.05) is 19.4 Å². The van der Waals surface area contributed by atoms with Crippen LogP contribution in [0.1, 0.15) is 32.3 Å². The Balaban J connectivity index is 3.03. The van der Waals surface area contributed by atoms with Gasteiger partial charge in [-0.2, -0.15) is 5.26 Å². The number of nitrogens with zero attached hydrogens (tertiary/aromatic N) is 1. The van der Waals surface area contributed by atoms with Crippen molar-refractivity contribution in [2.75, 3.05) is 20.3 Å². The number of carbonyl (C=O) groups is 1. The molecule has 0 atom stereocenters. The lowest BCUT2D eigenvalue weighted by atomic mass is 10.1. The third-order valence-electron chi connectivity index (χ3n) is 2.86. The van der Waals surface area contributed by atoms with E-state index in [1.807, 2.05) is 13.0 Å². The fourth-order valence-electron chi connectivity index (χ4n) is 1.74. The summed E-state index contributed by atoms with van der Waals surface area (Å²) < 4.78 is 15.8. The van der Waals surface area contributed by atoms with Crippen LogP contribution in [0.2, 0.25) is 0 Å².